The van der Waals surface area contributed by atoms with E-state index in [4.69, 9.17) is 13.3 Å². The third-order valence-corrected chi connectivity index (χ3v) is 10.6. The maximum Gasteiger partial charge on any atom is 0.559 e. The van der Waals surface area contributed by atoms with Crippen molar-refractivity contribution in [1.29, 1.82) is 0 Å². The fraction of sp³-hybridized carbons (Fsp3) is 1.00. The zero-order valence-electron chi connectivity index (χ0n) is 20.6. The normalized spacial score (nSPS) is 17.7. The zero-order chi connectivity index (χ0) is 28.1. The molecule has 0 atom stereocenters. The summed E-state index contributed by atoms with van der Waals surface area (Å²) in [6.45, 7) is 14.8. The van der Waals surface area contributed by atoms with E-state index in [1.807, 2.05) is 0 Å². The lowest BCUT2D eigenvalue weighted by atomic mass is 10.4. The fourth-order valence-electron chi connectivity index (χ4n) is 3.21. The first kappa shape index (κ1) is 34.5. The third-order valence-electron chi connectivity index (χ3n) is 4.25. The maximum atomic E-state index is 11.4. The lowest BCUT2D eigenvalue weighted by molar-refractivity contribution is -0.890. The second-order valence-electron chi connectivity index (χ2n) is 9.03. The molecule has 1 rings (SSSR count). The van der Waals surface area contributed by atoms with E-state index in [-0.39, 0.29) is 18.3 Å². The lowest BCUT2D eigenvalue weighted by Crippen LogP contribution is -2.63. The number of sulfonamides is 2. The van der Waals surface area contributed by atoms with Crippen molar-refractivity contribution in [3.63, 3.8) is 0 Å². The molecule has 35 heavy (non-hydrogen) atoms. The van der Waals surface area contributed by atoms with Crippen LogP contribution in [0.2, 0.25) is 0 Å². The molecule has 0 radical (unpaired) electrons. The summed E-state index contributed by atoms with van der Waals surface area (Å²) in [6.07, 6.45) is 3.88. The number of quaternary nitrogens is 1. The van der Waals surface area contributed by atoms with Gasteiger partial charge in [0.2, 0.25) is 0 Å². The van der Waals surface area contributed by atoms with Crippen LogP contribution in [0.4, 0.5) is 26.3 Å². The molecule has 9 nitrogen and oxygen atoms in total. The Bertz CT molecular complexity index is 804. The summed E-state index contributed by atoms with van der Waals surface area (Å²) in [4.78, 5) is 0. The summed E-state index contributed by atoms with van der Waals surface area (Å²) in [7, 11) is -13.8. The van der Waals surface area contributed by atoms with Crippen LogP contribution in [-0.4, -0.2) is 85.8 Å². The van der Waals surface area contributed by atoms with Gasteiger partial charge in [-0.1, -0.05) is 0 Å². The number of rotatable bonds is 10. The van der Waals surface area contributed by atoms with Gasteiger partial charge in [0.25, 0.3) is 0 Å². The first-order valence-corrected chi connectivity index (χ1v) is 15.4. The molecule has 212 valence electrons. The van der Waals surface area contributed by atoms with Gasteiger partial charge in [-0.05, 0) is 41.5 Å². The van der Waals surface area contributed by atoms with E-state index in [2.05, 4.69) is 48.6 Å². The average molecular weight is 585 g/mol. The highest BCUT2D eigenvalue weighted by Gasteiger charge is 2.52. The quantitative estimate of drug-likeness (QED) is 0.217. The Hall–Kier alpha value is -0.503. The monoisotopic (exact) mass is 584 g/mol. The average Bonchev–Trinajstić information content (AvgIpc) is 2.95. The highest BCUT2D eigenvalue weighted by Crippen LogP contribution is 2.36. The summed E-state index contributed by atoms with van der Waals surface area (Å²) in [5.41, 5.74) is -12.4. The van der Waals surface area contributed by atoms with Gasteiger partial charge in [0.05, 0.1) is 20.1 Å². The van der Waals surface area contributed by atoms with Crippen LogP contribution in [0.15, 0.2) is 0 Å². The van der Waals surface area contributed by atoms with Gasteiger partial charge < -0.3 is 21.9 Å². The molecule has 1 fully saturated rings. The van der Waals surface area contributed by atoms with E-state index in [1.54, 1.807) is 0 Å². The van der Waals surface area contributed by atoms with Gasteiger partial charge in [-0.25, -0.2) is 16.8 Å². The second-order valence-corrected chi connectivity index (χ2v) is 14.8. The van der Waals surface area contributed by atoms with E-state index in [0.29, 0.717) is 0 Å². The Morgan fingerprint density at radius 2 is 1.03 bits per heavy atom. The summed E-state index contributed by atoms with van der Waals surface area (Å²) >= 11 is 0. The summed E-state index contributed by atoms with van der Waals surface area (Å²) in [5, 5.41) is 0. The molecule has 0 amide bonds. The van der Waals surface area contributed by atoms with Crippen LogP contribution in [0.3, 0.4) is 0 Å². The van der Waals surface area contributed by atoms with E-state index in [9.17, 15) is 43.2 Å². The van der Waals surface area contributed by atoms with Gasteiger partial charge >= 0.3 is 19.8 Å². The molecule has 0 aromatic carbocycles. The molecule has 0 spiro atoms. The minimum Gasteiger partial charge on any atom is -0.421 e. The maximum absolute atomic E-state index is 11.4. The smallest absolute Gasteiger partial charge is 0.421 e. The number of hydrogen-bond acceptors (Lipinski definition) is 7. The summed E-state index contributed by atoms with van der Waals surface area (Å²) in [5.74, 6) is 0. The van der Waals surface area contributed by atoms with Crippen molar-refractivity contribution in [3.05, 3.63) is 4.13 Å². The Labute approximate surface area is 204 Å². The second kappa shape index (κ2) is 12.4. The van der Waals surface area contributed by atoms with Crippen LogP contribution in [0.5, 0.6) is 0 Å². The van der Waals surface area contributed by atoms with Gasteiger partial charge in [-0.15, -0.1) is 0 Å². The molecular formula is C17H34F6N2O7S2Si. The Morgan fingerprint density at radius 3 is 1.26 bits per heavy atom. The van der Waals surface area contributed by atoms with E-state index >= 15 is 0 Å². The van der Waals surface area contributed by atoms with Gasteiger partial charge in [0, 0.05) is 31.2 Å². The van der Waals surface area contributed by atoms with Crippen molar-refractivity contribution in [3.8, 4) is 0 Å². The predicted octanol–water partition coefficient (Wildman–Crippen LogP) is 4.04. The number of nitrogens with zero attached hydrogens (tertiary/aromatic N) is 2. The van der Waals surface area contributed by atoms with Crippen LogP contribution < -0.4 is 0 Å². The molecule has 1 heterocycles. The number of halogens is 6. The largest absolute Gasteiger partial charge is 0.559 e. The van der Waals surface area contributed by atoms with Crippen molar-refractivity contribution < 1.29 is 60.9 Å². The summed E-state index contributed by atoms with van der Waals surface area (Å²) in [6, 6.07) is 0. The highest BCUT2D eigenvalue weighted by atomic mass is 32.3. The third kappa shape index (κ3) is 11.6. The van der Waals surface area contributed by atoms with Crippen LogP contribution >= 0.6 is 0 Å². The van der Waals surface area contributed by atoms with Gasteiger partial charge in [0.1, 0.15) is 6.17 Å². The summed E-state index contributed by atoms with van der Waals surface area (Å²) < 4.78 is 129. The minimum atomic E-state index is -6.72. The molecule has 18 heteroatoms. The van der Waals surface area contributed by atoms with E-state index < -0.39 is 39.9 Å². The molecule has 0 unspecified atom stereocenters. The van der Waals surface area contributed by atoms with E-state index in [1.165, 1.54) is 25.9 Å². The zero-order valence-corrected chi connectivity index (χ0v) is 23.2. The molecule has 0 aliphatic carbocycles. The Morgan fingerprint density at radius 1 is 0.743 bits per heavy atom. The topological polar surface area (TPSA) is 110 Å². The van der Waals surface area contributed by atoms with E-state index in [0.717, 1.165) is 14.8 Å². The molecule has 1 aliphatic heterocycles. The van der Waals surface area contributed by atoms with Gasteiger partial charge in [-0.2, -0.15) is 26.3 Å². The van der Waals surface area contributed by atoms with Crippen LogP contribution in [0, 0.1) is 0 Å². The van der Waals surface area contributed by atoms with Crippen molar-refractivity contribution in [2.75, 3.05) is 26.3 Å². The number of likely N-dealkylation sites (tertiary alicyclic amines) is 1. The van der Waals surface area contributed by atoms with Gasteiger partial charge in [-0.3, -0.25) is 0 Å². The molecule has 0 aromatic heterocycles. The standard InChI is InChI=1S/C15H34NO3Si.C2F6NO4S2/c1-13(2)17-20(18-14(3)4,19-15(5)6)12-16(7)10-8-9-11-16;3-1(4,5)14(10,11)9-15(12,13)2(6,7)8/h13-15H,8-12H2,1-7H3;/q+1;-1. The molecule has 1 saturated heterocycles. The Kier molecular flexibility index (Phi) is 12.2. The van der Waals surface area contributed by atoms with Crippen LogP contribution in [0.25, 0.3) is 4.13 Å². The lowest BCUT2D eigenvalue weighted by Gasteiger charge is -2.40. The molecule has 0 bridgehead atoms. The van der Waals surface area contributed by atoms with Crippen molar-refractivity contribution >= 4 is 28.9 Å². The molecule has 1 aliphatic rings. The molecule has 0 N–H and O–H groups in total. The first-order chi connectivity index (χ1) is 15.4. The predicted molar refractivity (Wildman–Crippen MR) is 118 cm³/mol. The molecular weight excluding hydrogens is 550 g/mol. The van der Waals surface area contributed by atoms with Gasteiger partial charge in [0.15, 0.2) is 20.0 Å². The first-order valence-electron chi connectivity index (χ1n) is 10.6. The number of alkyl halides is 6. The van der Waals surface area contributed by atoms with Crippen molar-refractivity contribution in [1.82, 2.24) is 0 Å². The van der Waals surface area contributed by atoms with Crippen LogP contribution in [-0.2, 0) is 33.3 Å². The van der Waals surface area contributed by atoms with Crippen LogP contribution in [0.1, 0.15) is 54.4 Å². The number of hydrogen-bond donors (Lipinski definition) is 0. The highest BCUT2D eigenvalue weighted by molar-refractivity contribution is 8.13. The minimum absolute atomic E-state index is 0.133. The van der Waals surface area contributed by atoms with Crippen molar-refractivity contribution in [2.45, 2.75) is 83.7 Å². The molecule has 0 aromatic rings. The Balaban J connectivity index is 0.000000691. The molecule has 0 saturated carbocycles. The fourth-order valence-corrected chi connectivity index (χ4v) is 8.72. The van der Waals surface area contributed by atoms with Crippen molar-refractivity contribution in [2.24, 2.45) is 0 Å². The SMILES string of the molecule is CC(C)O[Si](C[N+]1(C)CCCC1)(OC(C)C)OC(C)C.O=S(=O)([N-]S(=O)(=O)C(F)(F)F)C(F)(F)F.